The lowest BCUT2D eigenvalue weighted by Gasteiger charge is -2.08. The van der Waals surface area contributed by atoms with Crippen LogP contribution < -0.4 is 10.6 Å². The molecular formula is C17H20N4O2. The maximum atomic E-state index is 12.1. The summed E-state index contributed by atoms with van der Waals surface area (Å²) in [5.74, 6) is -0.548. The van der Waals surface area contributed by atoms with Gasteiger partial charge in [-0.25, -0.2) is 0 Å². The number of aromatic nitrogens is 2. The first-order valence-corrected chi connectivity index (χ1v) is 7.24. The topological polar surface area (TPSA) is 76.0 Å². The van der Waals surface area contributed by atoms with Crippen molar-refractivity contribution in [2.45, 2.75) is 13.8 Å². The van der Waals surface area contributed by atoms with Gasteiger partial charge >= 0.3 is 0 Å². The molecule has 0 unspecified atom stereocenters. The van der Waals surface area contributed by atoms with E-state index >= 15 is 0 Å². The molecule has 6 heteroatoms. The molecule has 2 aromatic rings. The first kappa shape index (κ1) is 16.5. The molecule has 2 rings (SSSR count). The van der Waals surface area contributed by atoms with Crippen molar-refractivity contribution in [3.63, 3.8) is 0 Å². The van der Waals surface area contributed by atoms with Gasteiger partial charge in [0.15, 0.2) is 0 Å². The molecule has 2 N–H and O–H groups in total. The van der Waals surface area contributed by atoms with Gasteiger partial charge in [-0.3, -0.25) is 14.3 Å². The highest BCUT2D eigenvalue weighted by atomic mass is 16.2. The van der Waals surface area contributed by atoms with Crippen LogP contribution in [0.5, 0.6) is 0 Å². The van der Waals surface area contributed by atoms with Crippen LogP contribution in [0.4, 0.5) is 5.69 Å². The molecule has 0 saturated heterocycles. The molecule has 1 aromatic heterocycles. The molecule has 2 amide bonds. The molecule has 0 saturated carbocycles. The van der Waals surface area contributed by atoms with Gasteiger partial charge in [0.2, 0.25) is 5.91 Å². The van der Waals surface area contributed by atoms with Crippen LogP contribution in [-0.4, -0.2) is 28.6 Å². The number of rotatable bonds is 4. The molecule has 6 nitrogen and oxygen atoms in total. The van der Waals surface area contributed by atoms with E-state index in [4.69, 9.17) is 0 Å². The molecule has 0 aliphatic carbocycles. The highest BCUT2D eigenvalue weighted by Crippen LogP contribution is 2.16. The Morgan fingerprint density at radius 1 is 1.22 bits per heavy atom. The Morgan fingerprint density at radius 2 is 1.91 bits per heavy atom. The number of hydrogen-bond acceptors (Lipinski definition) is 3. The second-order valence-corrected chi connectivity index (χ2v) is 5.16. The third-order valence-electron chi connectivity index (χ3n) is 3.62. The van der Waals surface area contributed by atoms with Crippen molar-refractivity contribution in [2.75, 3.05) is 12.4 Å². The predicted molar refractivity (Wildman–Crippen MR) is 90.2 cm³/mol. The van der Waals surface area contributed by atoms with E-state index in [1.807, 2.05) is 20.9 Å². The number of carbonyl (C=O) groups is 2. The van der Waals surface area contributed by atoms with Gasteiger partial charge in [0.25, 0.3) is 5.91 Å². The minimum absolute atomic E-state index is 0.246. The summed E-state index contributed by atoms with van der Waals surface area (Å²) < 4.78 is 1.77. The third kappa shape index (κ3) is 3.66. The largest absolute Gasteiger partial charge is 0.355 e. The Kier molecular flexibility index (Phi) is 4.95. The van der Waals surface area contributed by atoms with Crippen molar-refractivity contribution in [3.05, 3.63) is 52.9 Å². The van der Waals surface area contributed by atoms with E-state index in [1.54, 1.807) is 42.1 Å². The fraction of sp³-hybridized carbons (Fsp3) is 0.235. The first-order chi connectivity index (χ1) is 10.9. The van der Waals surface area contributed by atoms with Crippen LogP contribution in [0, 0.1) is 13.8 Å². The zero-order valence-electron chi connectivity index (χ0n) is 13.7. The smallest absolute Gasteiger partial charge is 0.253 e. The van der Waals surface area contributed by atoms with Gasteiger partial charge in [0.05, 0.1) is 16.9 Å². The van der Waals surface area contributed by atoms with Crippen LogP contribution in [0.15, 0.2) is 30.3 Å². The molecule has 0 radical (unpaired) electrons. The van der Waals surface area contributed by atoms with Crippen molar-refractivity contribution in [2.24, 2.45) is 7.05 Å². The quantitative estimate of drug-likeness (QED) is 0.848. The average Bonchev–Trinajstić information content (AvgIpc) is 2.78. The minimum Gasteiger partial charge on any atom is -0.355 e. The van der Waals surface area contributed by atoms with E-state index in [0.29, 0.717) is 11.3 Å². The maximum Gasteiger partial charge on any atom is 0.253 e. The van der Waals surface area contributed by atoms with Crippen LogP contribution in [-0.2, 0) is 11.8 Å². The van der Waals surface area contributed by atoms with Gasteiger partial charge < -0.3 is 10.6 Å². The van der Waals surface area contributed by atoms with E-state index in [9.17, 15) is 9.59 Å². The lowest BCUT2D eigenvalue weighted by atomic mass is 10.1. The number of hydrogen-bond donors (Lipinski definition) is 2. The van der Waals surface area contributed by atoms with Crippen molar-refractivity contribution < 1.29 is 9.59 Å². The molecule has 23 heavy (non-hydrogen) atoms. The van der Waals surface area contributed by atoms with E-state index in [0.717, 1.165) is 17.0 Å². The lowest BCUT2D eigenvalue weighted by molar-refractivity contribution is -0.111. The number of nitrogens with zero attached hydrogens (tertiary/aromatic N) is 2. The van der Waals surface area contributed by atoms with E-state index in [2.05, 4.69) is 15.7 Å². The fourth-order valence-corrected chi connectivity index (χ4v) is 2.29. The predicted octanol–water partition coefficient (Wildman–Crippen LogP) is 2.05. The molecule has 0 fully saturated rings. The number of amides is 2. The van der Waals surface area contributed by atoms with Crippen molar-refractivity contribution in [1.82, 2.24) is 15.1 Å². The lowest BCUT2D eigenvalue weighted by Crippen LogP contribution is -2.20. The van der Waals surface area contributed by atoms with Gasteiger partial charge in [-0.05, 0) is 32.1 Å². The standard InChI is InChI=1S/C17H20N4O2/c1-11-13(12(2)21(4)20-11)9-10-16(22)19-15-8-6-5-7-14(15)17(23)18-3/h5-10H,1-4H3,(H,18,23)(H,19,22)/b10-9+. The minimum atomic E-state index is -0.302. The molecule has 0 bridgehead atoms. The summed E-state index contributed by atoms with van der Waals surface area (Å²) in [5, 5.41) is 9.58. The molecule has 120 valence electrons. The summed E-state index contributed by atoms with van der Waals surface area (Å²) in [4.78, 5) is 23.9. The molecular weight excluding hydrogens is 292 g/mol. The van der Waals surface area contributed by atoms with E-state index in [-0.39, 0.29) is 11.8 Å². The Morgan fingerprint density at radius 3 is 2.52 bits per heavy atom. The number of carbonyl (C=O) groups excluding carboxylic acids is 2. The molecule has 0 spiro atoms. The number of para-hydroxylation sites is 1. The number of benzene rings is 1. The van der Waals surface area contributed by atoms with Gasteiger partial charge in [0.1, 0.15) is 0 Å². The number of nitrogens with one attached hydrogen (secondary N) is 2. The second-order valence-electron chi connectivity index (χ2n) is 5.16. The maximum absolute atomic E-state index is 12.1. The molecule has 1 heterocycles. The summed E-state index contributed by atoms with van der Waals surface area (Å²) in [7, 11) is 3.41. The molecule has 0 atom stereocenters. The van der Waals surface area contributed by atoms with Gasteiger partial charge in [-0.2, -0.15) is 5.10 Å². The van der Waals surface area contributed by atoms with Crippen molar-refractivity contribution >= 4 is 23.6 Å². The van der Waals surface area contributed by atoms with Crippen molar-refractivity contribution in [3.8, 4) is 0 Å². The average molecular weight is 312 g/mol. The normalized spacial score (nSPS) is 10.8. The molecule has 0 aliphatic rings. The second kappa shape index (κ2) is 6.91. The van der Waals surface area contributed by atoms with E-state index < -0.39 is 0 Å². The third-order valence-corrected chi connectivity index (χ3v) is 3.62. The highest BCUT2D eigenvalue weighted by Gasteiger charge is 2.11. The van der Waals surface area contributed by atoms with Crippen LogP contribution in [0.1, 0.15) is 27.3 Å². The van der Waals surface area contributed by atoms with Gasteiger partial charge in [-0.15, -0.1) is 0 Å². The summed E-state index contributed by atoms with van der Waals surface area (Å²) in [6.07, 6.45) is 3.17. The van der Waals surface area contributed by atoms with Crippen molar-refractivity contribution in [1.29, 1.82) is 0 Å². The Labute approximate surface area is 135 Å². The van der Waals surface area contributed by atoms with Crippen LogP contribution >= 0.6 is 0 Å². The molecule has 1 aromatic carbocycles. The fourth-order valence-electron chi connectivity index (χ4n) is 2.29. The number of anilines is 1. The zero-order chi connectivity index (χ0) is 17.0. The summed E-state index contributed by atoms with van der Waals surface area (Å²) in [5.41, 5.74) is 3.66. The highest BCUT2D eigenvalue weighted by molar-refractivity contribution is 6.07. The monoisotopic (exact) mass is 312 g/mol. The summed E-state index contributed by atoms with van der Waals surface area (Å²) in [6.45, 7) is 3.84. The number of aryl methyl sites for hydroxylation is 2. The summed E-state index contributed by atoms with van der Waals surface area (Å²) >= 11 is 0. The first-order valence-electron chi connectivity index (χ1n) is 7.24. The van der Waals surface area contributed by atoms with Gasteiger partial charge in [0, 0.05) is 31.4 Å². The zero-order valence-corrected chi connectivity index (χ0v) is 13.7. The van der Waals surface area contributed by atoms with E-state index in [1.165, 1.54) is 6.08 Å². The Balaban J connectivity index is 2.17. The summed E-state index contributed by atoms with van der Waals surface area (Å²) in [6, 6.07) is 6.87. The van der Waals surface area contributed by atoms with Crippen LogP contribution in [0.2, 0.25) is 0 Å². The Hall–Kier alpha value is -2.89. The van der Waals surface area contributed by atoms with Gasteiger partial charge in [-0.1, -0.05) is 12.1 Å². The SMILES string of the molecule is CNC(=O)c1ccccc1NC(=O)/C=C/c1c(C)nn(C)c1C. The van der Waals surface area contributed by atoms with Crippen LogP contribution in [0.25, 0.3) is 6.08 Å². The van der Waals surface area contributed by atoms with Crippen LogP contribution in [0.3, 0.4) is 0 Å². The Bertz CT molecular complexity index is 775. The molecule has 0 aliphatic heterocycles.